The molecular weight excluding hydrogens is 348 g/mol. The van der Waals surface area contributed by atoms with E-state index in [9.17, 15) is 4.79 Å². The molecule has 0 aromatic heterocycles. The van der Waals surface area contributed by atoms with E-state index in [1.807, 2.05) is 18.2 Å². The zero-order valence-electron chi connectivity index (χ0n) is 17.3. The minimum atomic E-state index is -0.0119. The SMILES string of the molecule is CCc1ccc(C(NC(=O)c2cccc(CN3CCOCC3)c2)C(C)C)cc1. The van der Waals surface area contributed by atoms with Gasteiger partial charge < -0.3 is 10.1 Å². The Hall–Kier alpha value is -2.17. The summed E-state index contributed by atoms with van der Waals surface area (Å²) < 4.78 is 5.42. The molecule has 1 heterocycles. The molecule has 1 N–H and O–H groups in total. The number of aryl methyl sites for hydroxylation is 1. The van der Waals surface area contributed by atoms with E-state index in [4.69, 9.17) is 4.74 Å². The number of hydrogen-bond donors (Lipinski definition) is 1. The number of nitrogens with one attached hydrogen (secondary N) is 1. The Bertz CT molecular complexity index is 764. The van der Waals surface area contributed by atoms with Gasteiger partial charge in [0.15, 0.2) is 0 Å². The lowest BCUT2D eigenvalue weighted by Gasteiger charge is -2.27. The summed E-state index contributed by atoms with van der Waals surface area (Å²) in [6, 6.07) is 16.6. The van der Waals surface area contributed by atoms with Crippen LogP contribution in [0.25, 0.3) is 0 Å². The zero-order valence-corrected chi connectivity index (χ0v) is 17.3. The van der Waals surface area contributed by atoms with Crippen LogP contribution in [0.1, 0.15) is 53.9 Å². The fourth-order valence-electron chi connectivity index (χ4n) is 3.65. The van der Waals surface area contributed by atoms with Crippen LogP contribution in [0.4, 0.5) is 0 Å². The molecule has 0 aliphatic carbocycles. The van der Waals surface area contributed by atoms with Gasteiger partial charge in [-0.2, -0.15) is 0 Å². The van der Waals surface area contributed by atoms with Crippen LogP contribution in [-0.4, -0.2) is 37.1 Å². The topological polar surface area (TPSA) is 41.6 Å². The first-order valence-electron chi connectivity index (χ1n) is 10.4. The van der Waals surface area contributed by atoms with Crippen molar-refractivity contribution >= 4 is 5.91 Å². The first kappa shape index (κ1) is 20.6. The molecule has 1 atom stereocenters. The summed E-state index contributed by atoms with van der Waals surface area (Å²) in [6.45, 7) is 10.8. The first-order chi connectivity index (χ1) is 13.6. The highest BCUT2D eigenvalue weighted by molar-refractivity contribution is 5.94. The Morgan fingerprint density at radius 3 is 2.43 bits per heavy atom. The molecule has 1 aliphatic rings. The number of carbonyl (C=O) groups is 1. The second kappa shape index (κ2) is 9.85. The predicted octanol–water partition coefficient (Wildman–Crippen LogP) is 4.21. The molecule has 1 aliphatic heterocycles. The largest absolute Gasteiger partial charge is 0.379 e. The van der Waals surface area contributed by atoms with Crippen LogP contribution >= 0.6 is 0 Å². The monoisotopic (exact) mass is 380 g/mol. The number of carbonyl (C=O) groups excluding carboxylic acids is 1. The number of morpholine rings is 1. The molecule has 4 nitrogen and oxygen atoms in total. The van der Waals surface area contributed by atoms with Gasteiger partial charge in [0.1, 0.15) is 0 Å². The van der Waals surface area contributed by atoms with E-state index >= 15 is 0 Å². The molecule has 1 amide bonds. The van der Waals surface area contributed by atoms with E-state index < -0.39 is 0 Å². The van der Waals surface area contributed by atoms with Crippen molar-refractivity contribution in [2.24, 2.45) is 5.92 Å². The molecule has 0 saturated carbocycles. The van der Waals surface area contributed by atoms with Crippen molar-refractivity contribution in [1.82, 2.24) is 10.2 Å². The van der Waals surface area contributed by atoms with Crippen LogP contribution in [0.3, 0.4) is 0 Å². The first-order valence-corrected chi connectivity index (χ1v) is 10.4. The summed E-state index contributed by atoms with van der Waals surface area (Å²) in [5, 5.41) is 3.24. The second-order valence-corrected chi connectivity index (χ2v) is 7.88. The van der Waals surface area contributed by atoms with Crippen LogP contribution < -0.4 is 5.32 Å². The molecule has 1 saturated heterocycles. The Balaban J connectivity index is 1.69. The van der Waals surface area contributed by atoms with Crippen LogP contribution in [0.15, 0.2) is 48.5 Å². The lowest BCUT2D eigenvalue weighted by atomic mass is 9.94. The van der Waals surface area contributed by atoms with Crippen LogP contribution in [0.5, 0.6) is 0 Å². The lowest BCUT2D eigenvalue weighted by molar-refractivity contribution is 0.0342. The van der Waals surface area contributed by atoms with Crippen LogP contribution in [-0.2, 0) is 17.7 Å². The van der Waals surface area contributed by atoms with E-state index in [0.717, 1.165) is 50.4 Å². The van der Waals surface area contributed by atoms with Gasteiger partial charge in [-0.15, -0.1) is 0 Å². The molecule has 1 unspecified atom stereocenters. The van der Waals surface area contributed by atoms with Gasteiger partial charge in [0, 0.05) is 25.2 Å². The fourth-order valence-corrected chi connectivity index (χ4v) is 3.65. The van der Waals surface area contributed by atoms with Crippen molar-refractivity contribution in [3.63, 3.8) is 0 Å². The van der Waals surface area contributed by atoms with Gasteiger partial charge in [-0.1, -0.05) is 57.2 Å². The smallest absolute Gasteiger partial charge is 0.251 e. The Kier molecular flexibility index (Phi) is 7.24. The van der Waals surface area contributed by atoms with Crippen LogP contribution in [0, 0.1) is 5.92 Å². The molecule has 0 bridgehead atoms. The molecule has 0 spiro atoms. The van der Waals surface area contributed by atoms with Crippen LogP contribution in [0.2, 0.25) is 0 Å². The summed E-state index contributed by atoms with van der Waals surface area (Å²) >= 11 is 0. The van der Waals surface area contributed by atoms with Crippen molar-refractivity contribution < 1.29 is 9.53 Å². The van der Waals surface area contributed by atoms with Gasteiger partial charge in [0.05, 0.1) is 19.3 Å². The van der Waals surface area contributed by atoms with Gasteiger partial charge in [0.25, 0.3) is 5.91 Å². The van der Waals surface area contributed by atoms with Crippen molar-refractivity contribution in [1.29, 1.82) is 0 Å². The molecule has 2 aromatic rings. The van der Waals surface area contributed by atoms with Gasteiger partial charge in [-0.25, -0.2) is 0 Å². The van der Waals surface area contributed by atoms with Gasteiger partial charge in [-0.05, 0) is 41.2 Å². The van der Waals surface area contributed by atoms with E-state index in [1.54, 1.807) is 0 Å². The second-order valence-electron chi connectivity index (χ2n) is 7.88. The third-order valence-electron chi connectivity index (χ3n) is 5.40. The molecule has 0 radical (unpaired) electrons. The number of benzene rings is 2. The molecule has 150 valence electrons. The lowest BCUT2D eigenvalue weighted by Crippen LogP contribution is -2.35. The minimum absolute atomic E-state index is 0.00121. The van der Waals surface area contributed by atoms with Crippen molar-refractivity contribution in [3.8, 4) is 0 Å². The molecule has 1 fully saturated rings. The molecule has 2 aromatic carbocycles. The maximum Gasteiger partial charge on any atom is 0.251 e. The minimum Gasteiger partial charge on any atom is -0.379 e. The highest BCUT2D eigenvalue weighted by Crippen LogP contribution is 2.23. The fraction of sp³-hybridized carbons (Fsp3) is 0.458. The highest BCUT2D eigenvalue weighted by atomic mass is 16.5. The summed E-state index contributed by atoms with van der Waals surface area (Å²) in [5.74, 6) is 0.301. The summed E-state index contributed by atoms with van der Waals surface area (Å²) in [5.41, 5.74) is 4.36. The summed E-state index contributed by atoms with van der Waals surface area (Å²) in [6.07, 6.45) is 1.02. The Labute approximate surface area is 168 Å². The third-order valence-corrected chi connectivity index (χ3v) is 5.40. The van der Waals surface area contributed by atoms with E-state index in [0.29, 0.717) is 5.92 Å². The number of nitrogens with zero attached hydrogens (tertiary/aromatic N) is 1. The Morgan fingerprint density at radius 1 is 1.07 bits per heavy atom. The van der Waals surface area contributed by atoms with Crippen molar-refractivity contribution in [2.45, 2.75) is 39.8 Å². The van der Waals surface area contributed by atoms with Crippen molar-refractivity contribution in [2.75, 3.05) is 26.3 Å². The highest BCUT2D eigenvalue weighted by Gasteiger charge is 2.19. The third kappa shape index (κ3) is 5.43. The van der Waals surface area contributed by atoms with E-state index in [2.05, 4.69) is 61.3 Å². The number of amides is 1. The maximum atomic E-state index is 13.0. The molecular formula is C24H32N2O2. The van der Waals surface area contributed by atoms with E-state index in [-0.39, 0.29) is 11.9 Å². The average Bonchev–Trinajstić information content (AvgIpc) is 2.72. The number of ether oxygens (including phenoxy) is 1. The van der Waals surface area contributed by atoms with E-state index in [1.165, 1.54) is 11.1 Å². The summed E-state index contributed by atoms with van der Waals surface area (Å²) in [7, 11) is 0. The molecule has 4 heteroatoms. The zero-order chi connectivity index (χ0) is 19.9. The maximum absolute atomic E-state index is 13.0. The quantitative estimate of drug-likeness (QED) is 0.782. The number of hydrogen-bond acceptors (Lipinski definition) is 3. The summed E-state index contributed by atoms with van der Waals surface area (Å²) in [4.78, 5) is 15.3. The average molecular weight is 381 g/mol. The van der Waals surface area contributed by atoms with Gasteiger partial charge >= 0.3 is 0 Å². The normalized spacial score (nSPS) is 16.1. The standard InChI is InChI=1S/C24H32N2O2/c1-4-19-8-10-21(11-9-19)23(18(2)3)25-24(27)22-7-5-6-20(16-22)17-26-12-14-28-15-13-26/h5-11,16,18,23H,4,12-15,17H2,1-3H3,(H,25,27). The Morgan fingerprint density at radius 2 is 1.79 bits per heavy atom. The molecule has 3 rings (SSSR count). The molecule has 28 heavy (non-hydrogen) atoms. The predicted molar refractivity (Wildman–Crippen MR) is 113 cm³/mol. The van der Waals surface area contributed by atoms with Gasteiger partial charge in [-0.3, -0.25) is 9.69 Å². The van der Waals surface area contributed by atoms with Crippen molar-refractivity contribution in [3.05, 3.63) is 70.8 Å². The van der Waals surface area contributed by atoms with Gasteiger partial charge in [0.2, 0.25) is 0 Å². The number of rotatable bonds is 7.